The standard InChI is InChI=1S/C25H27FN6O4/c26-17-3-1-16(2-4-17)24(35)30-18-5-7-19(8-6-18)32-15-29-21(23(27)34)22(32)25(36)28-11-14-31-12-9-20(33)10-13-31/h1-8,15,20,33H,9-14H2,(H2,27,34)(H,28,36)(H,30,35). The second kappa shape index (κ2) is 11.1. The summed E-state index contributed by atoms with van der Waals surface area (Å²) in [6.07, 6.45) is 2.47. The predicted octanol–water partition coefficient (Wildman–Crippen LogP) is 1.55. The Morgan fingerprint density at radius 1 is 1.03 bits per heavy atom. The molecule has 0 bridgehead atoms. The molecule has 0 spiro atoms. The van der Waals surface area contributed by atoms with Gasteiger partial charge in [-0.25, -0.2) is 9.37 Å². The molecule has 0 atom stereocenters. The summed E-state index contributed by atoms with van der Waals surface area (Å²) in [6, 6.07) is 11.8. The van der Waals surface area contributed by atoms with E-state index in [-0.39, 0.29) is 17.5 Å². The van der Waals surface area contributed by atoms with Gasteiger partial charge in [-0.3, -0.25) is 19.0 Å². The van der Waals surface area contributed by atoms with Crippen molar-refractivity contribution in [2.75, 3.05) is 31.5 Å². The number of anilines is 1. The van der Waals surface area contributed by atoms with Gasteiger partial charge in [-0.15, -0.1) is 0 Å². The van der Waals surface area contributed by atoms with Crippen LogP contribution in [0.2, 0.25) is 0 Å². The molecule has 1 aromatic heterocycles. The summed E-state index contributed by atoms with van der Waals surface area (Å²) in [6.45, 7) is 2.48. The van der Waals surface area contributed by atoms with E-state index in [2.05, 4.69) is 20.5 Å². The van der Waals surface area contributed by atoms with Gasteiger partial charge < -0.3 is 26.4 Å². The van der Waals surface area contributed by atoms with E-state index in [1.807, 2.05) is 0 Å². The van der Waals surface area contributed by atoms with E-state index >= 15 is 0 Å². The number of rotatable bonds is 8. The first-order chi connectivity index (χ1) is 17.3. The van der Waals surface area contributed by atoms with Gasteiger partial charge in [0.25, 0.3) is 17.7 Å². The number of hydrogen-bond donors (Lipinski definition) is 4. The second-order valence-corrected chi connectivity index (χ2v) is 8.51. The van der Waals surface area contributed by atoms with E-state index in [1.54, 1.807) is 24.3 Å². The highest BCUT2D eigenvalue weighted by Crippen LogP contribution is 2.19. The minimum atomic E-state index is -0.827. The highest BCUT2D eigenvalue weighted by Gasteiger charge is 2.24. The lowest BCUT2D eigenvalue weighted by atomic mass is 10.1. The molecule has 11 heteroatoms. The Kier molecular flexibility index (Phi) is 7.71. The number of benzene rings is 2. The van der Waals surface area contributed by atoms with Crippen molar-refractivity contribution in [1.82, 2.24) is 19.8 Å². The van der Waals surface area contributed by atoms with Crippen LogP contribution < -0.4 is 16.4 Å². The number of amides is 3. The molecule has 1 fully saturated rings. The van der Waals surface area contributed by atoms with Crippen molar-refractivity contribution in [2.24, 2.45) is 5.73 Å². The van der Waals surface area contributed by atoms with Crippen LogP contribution in [0, 0.1) is 5.82 Å². The van der Waals surface area contributed by atoms with Crippen LogP contribution in [0.15, 0.2) is 54.9 Å². The number of nitrogens with two attached hydrogens (primary N) is 1. The second-order valence-electron chi connectivity index (χ2n) is 8.51. The van der Waals surface area contributed by atoms with E-state index in [4.69, 9.17) is 5.73 Å². The fraction of sp³-hybridized carbons (Fsp3) is 0.280. The Balaban J connectivity index is 1.45. The molecule has 1 aliphatic heterocycles. The number of carbonyl (C=O) groups excluding carboxylic acids is 3. The summed E-state index contributed by atoms with van der Waals surface area (Å²) < 4.78 is 14.5. The summed E-state index contributed by atoms with van der Waals surface area (Å²) in [5.41, 5.74) is 6.64. The van der Waals surface area contributed by atoms with Crippen molar-refractivity contribution in [2.45, 2.75) is 18.9 Å². The number of likely N-dealkylation sites (tertiary alicyclic amines) is 1. The lowest BCUT2D eigenvalue weighted by molar-refractivity contribution is 0.0802. The molecule has 5 N–H and O–H groups in total. The third kappa shape index (κ3) is 5.93. The number of halogens is 1. The van der Waals surface area contributed by atoms with Gasteiger partial charge in [-0.1, -0.05) is 0 Å². The number of piperidine rings is 1. The number of nitrogens with zero attached hydrogens (tertiary/aromatic N) is 3. The summed E-state index contributed by atoms with van der Waals surface area (Å²) >= 11 is 0. The molecule has 1 saturated heterocycles. The van der Waals surface area contributed by atoms with Gasteiger partial charge in [0.2, 0.25) is 0 Å². The minimum Gasteiger partial charge on any atom is -0.393 e. The normalized spacial score (nSPS) is 14.4. The molecule has 1 aliphatic rings. The fourth-order valence-electron chi connectivity index (χ4n) is 4.01. The first kappa shape index (κ1) is 25.0. The maximum absolute atomic E-state index is 13.1. The number of hydrogen-bond acceptors (Lipinski definition) is 6. The summed E-state index contributed by atoms with van der Waals surface area (Å²) in [5.74, 6) is -2.15. The first-order valence-electron chi connectivity index (χ1n) is 11.5. The molecule has 36 heavy (non-hydrogen) atoms. The molecule has 3 amide bonds. The molecule has 0 saturated carbocycles. The number of imidazole rings is 1. The van der Waals surface area contributed by atoms with Crippen LogP contribution in [0.3, 0.4) is 0 Å². The predicted molar refractivity (Wildman–Crippen MR) is 130 cm³/mol. The van der Waals surface area contributed by atoms with Crippen LogP contribution in [-0.2, 0) is 0 Å². The van der Waals surface area contributed by atoms with Gasteiger partial charge in [-0.2, -0.15) is 0 Å². The summed E-state index contributed by atoms with van der Waals surface area (Å²) in [7, 11) is 0. The molecule has 4 rings (SSSR count). The van der Waals surface area contributed by atoms with Crippen LogP contribution in [0.25, 0.3) is 5.69 Å². The maximum Gasteiger partial charge on any atom is 0.270 e. The Morgan fingerprint density at radius 3 is 2.33 bits per heavy atom. The van der Waals surface area contributed by atoms with Crippen molar-refractivity contribution in [3.8, 4) is 5.69 Å². The Morgan fingerprint density at radius 2 is 1.69 bits per heavy atom. The van der Waals surface area contributed by atoms with Gasteiger partial charge >= 0.3 is 0 Å². The number of carbonyl (C=O) groups is 3. The zero-order chi connectivity index (χ0) is 25.7. The van der Waals surface area contributed by atoms with Crippen molar-refractivity contribution in [3.05, 3.63) is 77.6 Å². The van der Waals surface area contributed by atoms with Gasteiger partial charge in [-0.05, 0) is 61.4 Å². The highest BCUT2D eigenvalue weighted by molar-refractivity contribution is 6.05. The number of aromatic nitrogens is 2. The smallest absolute Gasteiger partial charge is 0.270 e. The molecule has 2 aromatic carbocycles. The van der Waals surface area contributed by atoms with Crippen molar-refractivity contribution in [1.29, 1.82) is 0 Å². The third-order valence-corrected chi connectivity index (χ3v) is 6.00. The van der Waals surface area contributed by atoms with E-state index in [1.165, 1.54) is 35.2 Å². The lowest BCUT2D eigenvalue weighted by Gasteiger charge is -2.29. The van der Waals surface area contributed by atoms with Gasteiger partial charge in [0, 0.05) is 43.1 Å². The number of nitrogens with one attached hydrogen (secondary N) is 2. The minimum absolute atomic E-state index is 0.0136. The van der Waals surface area contributed by atoms with E-state index < -0.39 is 23.5 Å². The van der Waals surface area contributed by atoms with Crippen LogP contribution >= 0.6 is 0 Å². The highest BCUT2D eigenvalue weighted by atomic mass is 19.1. The number of aliphatic hydroxyl groups excluding tert-OH is 1. The van der Waals surface area contributed by atoms with E-state index in [9.17, 15) is 23.9 Å². The quantitative estimate of drug-likeness (QED) is 0.374. The molecule has 188 valence electrons. The zero-order valence-electron chi connectivity index (χ0n) is 19.5. The van der Waals surface area contributed by atoms with Crippen molar-refractivity contribution < 1.29 is 23.9 Å². The first-order valence-corrected chi connectivity index (χ1v) is 11.5. The van der Waals surface area contributed by atoms with Gasteiger partial charge in [0.15, 0.2) is 5.69 Å². The third-order valence-electron chi connectivity index (χ3n) is 6.00. The summed E-state index contributed by atoms with van der Waals surface area (Å²) in [4.78, 5) is 43.4. The Hall–Kier alpha value is -4.09. The fourth-order valence-corrected chi connectivity index (χ4v) is 4.01. The molecule has 0 radical (unpaired) electrons. The Labute approximate surface area is 206 Å². The van der Waals surface area contributed by atoms with Gasteiger partial charge in [0.1, 0.15) is 17.8 Å². The number of primary amides is 1. The van der Waals surface area contributed by atoms with Crippen molar-refractivity contribution >= 4 is 23.4 Å². The lowest BCUT2D eigenvalue weighted by Crippen LogP contribution is -2.41. The van der Waals surface area contributed by atoms with Crippen LogP contribution in [0.1, 0.15) is 44.2 Å². The van der Waals surface area contributed by atoms with Crippen LogP contribution in [0.5, 0.6) is 0 Å². The molecule has 0 aliphatic carbocycles. The maximum atomic E-state index is 13.1. The van der Waals surface area contributed by atoms with Gasteiger partial charge in [0.05, 0.1) is 6.10 Å². The molecule has 10 nitrogen and oxygen atoms in total. The van der Waals surface area contributed by atoms with E-state index in [0.717, 1.165) is 13.1 Å². The Bertz CT molecular complexity index is 1230. The van der Waals surface area contributed by atoms with Crippen LogP contribution in [0.4, 0.5) is 10.1 Å². The number of aliphatic hydroxyl groups is 1. The average molecular weight is 495 g/mol. The molecular weight excluding hydrogens is 467 g/mol. The monoisotopic (exact) mass is 494 g/mol. The van der Waals surface area contributed by atoms with Crippen molar-refractivity contribution in [3.63, 3.8) is 0 Å². The average Bonchev–Trinajstić information content (AvgIpc) is 3.32. The van der Waals surface area contributed by atoms with Crippen LogP contribution in [-0.4, -0.2) is 69.6 Å². The largest absolute Gasteiger partial charge is 0.393 e. The molecule has 2 heterocycles. The molecule has 3 aromatic rings. The molecular formula is C25H27FN6O4. The SMILES string of the molecule is NC(=O)c1ncn(-c2ccc(NC(=O)c3ccc(F)cc3)cc2)c1C(=O)NCCN1CCC(O)CC1. The summed E-state index contributed by atoms with van der Waals surface area (Å²) in [5, 5.41) is 15.2. The topological polar surface area (TPSA) is 143 Å². The molecule has 0 unspecified atom stereocenters. The zero-order valence-corrected chi connectivity index (χ0v) is 19.5. The van der Waals surface area contributed by atoms with E-state index in [0.29, 0.717) is 42.9 Å².